The maximum atomic E-state index is 13.2. The number of hydrogen-bond acceptors (Lipinski definition) is 7. The van der Waals surface area contributed by atoms with Gasteiger partial charge in [-0.1, -0.05) is 34.1 Å². The van der Waals surface area contributed by atoms with Gasteiger partial charge in [0, 0.05) is 6.54 Å². The molecule has 0 bridgehead atoms. The van der Waals surface area contributed by atoms with Gasteiger partial charge in [0.2, 0.25) is 17.7 Å². The molecule has 5 atom stereocenters. The number of amides is 3. The molecule has 3 amide bonds. The number of aliphatic carboxylic acids is 1. The van der Waals surface area contributed by atoms with E-state index in [2.05, 4.69) is 20.9 Å². The molecule has 37 heavy (non-hydrogen) atoms. The van der Waals surface area contributed by atoms with Gasteiger partial charge >= 0.3 is 5.97 Å². The first kappa shape index (κ1) is 34.1. The molecule has 12 N–H and O–H groups in total. The number of unbranched alkanes of at least 4 members (excludes halogenated alkanes) is 1. The second-order valence-corrected chi connectivity index (χ2v) is 9.80. The summed E-state index contributed by atoms with van der Waals surface area (Å²) in [4.78, 5) is 54.4. The van der Waals surface area contributed by atoms with Crippen molar-refractivity contribution in [2.45, 2.75) is 96.8 Å². The number of nitrogens with one attached hydrogen (secondary N) is 3. The van der Waals surface area contributed by atoms with Crippen LogP contribution in [0.15, 0.2) is 4.99 Å². The molecule has 0 fully saturated rings. The number of guanidine groups is 1. The summed E-state index contributed by atoms with van der Waals surface area (Å²) in [7, 11) is 0. The van der Waals surface area contributed by atoms with Crippen LogP contribution in [0.3, 0.4) is 0 Å². The lowest BCUT2D eigenvalue weighted by atomic mass is 9.96. The van der Waals surface area contributed by atoms with Gasteiger partial charge in [0.05, 0.1) is 6.04 Å². The summed E-state index contributed by atoms with van der Waals surface area (Å²) in [6.45, 7) is 8.12. The lowest BCUT2D eigenvalue weighted by Gasteiger charge is -2.28. The lowest BCUT2D eigenvalue weighted by Crippen LogP contribution is -2.58. The van der Waals surface area contributed by atoms with Gasteiger partial charge in [-0.05, 0) is 56.9 Å². The molecule has 0 aromatic rings. The predicted molar refractivity (Wildman–Crippen MR) is 143 cm³/mol. The van der Waals surface area contributed by atoms with Crippen molar-refractivity contribution in [2.24, 2.45) is 39.8 Å². The fourth-order valence-corrected chi connectivity index (χ4v) is 3.60. The molecule has 0 aromatic heterocycles. The van der Waals surface area contributed by atoms with Gasteiger partial charge in [-0.3, -0.25) is 19.4 Å². The van der Waals surface area contributed by atoms with Crippen molar-refractivity contribution in [2.75, 3.05) is 13.1 Å². The number of carboxylic acid groups (broad SMARTS) is 1. The Morgan fingerprint density at radius 3 is 2.00 bits per heavy atom. The SMILES string of the molecule is CCC(C)C(NC(=O)C(CCCCN)NC(=O)C(N)CCCN=C(N)N)C(=O)NC(CC(C)C)C(=O)O. The van der Waals surface area contributed by atoms with Crippen LogP contribution in [-0.2, 0) is 19.2 Å². The average molecular weight is 529 g/mol. The molecule has 0 rings (SSSR count). The van der Waals surface area contributed by atoms with Crippen LogP contribution in [-0.4, -0.2) is 72.0 Å². The molecule has 0 aliphatic heterocycles. The summed E-state index contributed by atoms with van der Waals surface area (Å²) in [5.41, 5.74) is 22.1. The van der Waals surface area contributed by atoms with E-state index in [0.29, 0.717) is 51.6 Å². The van der Waals surface area contributed by atoms with Crippen LogP contribution >= 0.6 is 0 Å². The molecule has 0 saturated carbocycles. The minimum absolute atomic E-state index is 0.0452. The zero-order valence-corrected chi connectivity index (χ0v) is 22.7. The van der Waals surface area contributed by atoms with Gasteiger partial charge in [-0.15, -0.1) is 0 Å². The van der Waals surface area contributed by atoms with E-state index in [0.717, 1.165) is 0 Å². The first-order chi connectivity index (χ1) is 17.3. The molecule has 13 nitrogen and oxygen atoms in total. The summed E-state index contributed by atoms with van der Waals surface area (Å²) in [5, 5.41) is 17.5. The molecule has 0 aliphatic carbocycles. The molecule has 214 valence electrons. The molecular weight excluding hydrogens is 480 g/mol. The summed E-state index contributed by atoms with van der Waals surface area (Å²) in [6.07, 6.45) is 3.12. The van der Waals surface area contributed by atoms with Gasteiger partial charge < -0.3 is 44.0 Å². The monoisotopic (exact) mass is 528 g/mol. The molecule has 0 aromatic carbocycles. The Kier molecular flexibility index (Phi) is 16.9. The number of hydrogen-bond donors (Lipinski definition) is 8. The van der Waals surface area contributed by atoms with Gasteiger partial charge in [0.15, 0.2) is 5.96 Å². The third-order valence-electron chi connectivity index (χ3n) is 6.00. The number of carboxylic acids is 1. The van der Waals surface area contributed by atoms with Gasteiger partial charge in [0.1, 0.15) is 18.1 Å². The van der Waals surface area contributed by atoms with Crippen LogP contribution in [0.5, 0.6) is 0 Å². The Balaban J connectivity index is 5.48. The summed E-state index contributed by atoms with van der Waals surface area (Å²) < 4.78 is 0. The standard InChI is InChI=1S/C24H48N8O5/c1-5-15(4)19(22(35)31-18(23(36)37)13-14(2)3)32-21(34)17(10-6-7-11-25)30-20(33)16(26)9-8-12-29-24(27)28/h14-19H,5-13,25-26H2,1-4H3,(H,30,33)(H,31,35)(H,32,34)(H,36,37)(H4,27,28,29). The van der Waals surface area contributed by atoms with Crippen molar-refractivity contribution in [3.63, 3.8) is 0 Å². The zero-order chi connectivity index (χ0) is 28.5. The first-order valence-electron chi connectivity index (χ1n) is 13.0. The van der Waals surface area contributed by atoms with E-state index in [1.54, 1.807) is 6.92 Å². The van der Waals surface area contributed by atoms with Gasteiger partial charge in [0.25, 0.3) is 0 Å². The van der Waals surface area contributed by atoms with E-state index in [1.807, 2.05) is 20.8 Å². The largest absolute Gasteiger partial charge is 0.480 e. The molecule has 13 heteroatoms. The van der Waals surface area contributed by atoms with Crippen LogP contribution < -0.4 is 38.9 Å². The Bertz CT molecular complexity index is 757. The summed E-state index contributed by atoms with van der Waals surface area (Å²) >= 11 is 0. The minimum atomic E-state index is -1.14. The highest BCUT2D eigenvalue weighted by Gasteiger charge is 2.32. The summed E-state index contributed by atoms with van der Waals surface area (Å²) in [5.74, 6) is -3.07. The number of carbonyl (C=O) groups is 4. The highest BCUT2D eigenvalue weighted by atomic mass is 16.4. The van der Waals surface area contributed by atoms with Crippen molar-refractivity contribution >= 4 is 29.7 Å². The van der Waals surface area contributed by atoms with E-state index in [1.165, 1.54) is 0 Å². The lowest BCUT2D eigenvalue weighted by molar-refractivity contribution is -0.143. The Labute approximate surface area is 219 Å². The highest BCUT2D eigenvalue weighted by Crippen LogP contribution is 2.12. The Hall–Kier alpha value is -2.93. The van der Waals surface area contributed by atoms with Crippen molar-refractivity contribution in [3.8, 4) is 0 Å². The van der Waals surface area contributed by atoms with E-state index in [4.69, 9.17) is 22.9 Å². The topological polar surface area (TPSA) is 241 Å². The maximum absolute atomic E-state index is 13.2. The molecule has 5 unspecified atom stereocenters. The maximum Gasteiger partial charge on any atom is 0.326 e. The van der Waals surface area contributed by atoms with Gasteiger partial charge in [-0.2, -0.15) is 0 Å². The molecule has 0 heterocycles. The number of nitrogens with zero attached hydrogens (tertiary/aromatic N) is 1. The van der Waals surface area contributed by atoms with Crippen molar-refractivity contribution in [3.05, 3.63) is 0 Å². The quantitative estimate of drug-likeness (QED) is 0.0589. The molecule has 0 aliphatic rings. The smallest absolute Gasteiger partial charge is 0.326 e. The van der Waals surface area contributed by atoms with E-state index >= 15 is 0 Å². The van der Waals surface area contributed by atoms with E-state index < -0.39 is 47.9 Å². The number of nitrogens with two attached hydrogens (primary N) is 4. The average Bonchev–Trinajstić information content (AvgIpc) is 2.82. The predicted octanol–water partition coefficient (Wildman–Crippen LogP) is -0.872. The van der Waals surface area contributed by atoms with Crippen LogP contribution in [0.2, 0.25) is 0 Å². The Morgan fingerprint density at radius 2 is 1.49 bits per heavy atom. The Morgan fingerprint density at radius 1 is 0.865 bits per heavy atom. The number of aliphatic imine (C=N–C) groups is 1. The first-order valence-corrected chi connectivity index (χ1v) is 13.0. The normalized spacial score (nSPS) is 15.1. The molecule has 0 saturated heterocycles. The van der Waals surface area contributed by atoms with Gasteiger partial charge in [-0.25, -0.2) is 4.79 Å². The zero-order valence-electron chi connectivity index (χ0n) is 22.7. The fraction of sp³-hybridized carbons (Fsp3) is 0.792. The second kappa shape index (κ2) is 18.3. The fourth-order valence-electron chi connectivity index (χ4n) is 3.60. The summed E-state index contributed by atoms with van der Waals surface area (Å²) in [6, 6.07) is -3.87. The van der Waals surface area contributed by atoms with Crippen molar-refractivity contribution in [1.82, 2.24) is 16.0 Å². The van der Waals surface area contributed by atoms with Crippen LogP contribution in [0, 0.1) is 11.8 Å². The van der Waals surface area contributed by atoms with E-state index in [-0.39, 0.29) is 24.2 Å². The third-order valence-corrected chi connectivity index (χ3v) is 6.00. The number of carbonyl (C=O) groups excluding carboxylic acids is 3. The third kappa shape index (κ3) is 14.4. The molecule has 0 radical (unpaired) electrons. The molecular formula is C24H48N8O5. The van der Waals surface area contributed by atoms with Crippen molar-refractivity contribution < 1.29 is 24.3 Å². The highest BCUT2D eigenvalue weighted by molar-refractivity contribution is 5.94. The van der Waals surface area contributed by atoms with Crippen LogP contribution in [0.25, 0.3) is 0 Å². The van der Waals surface area contributed by atoms with E-state index in [9.17, 15) is 24.3 Å². The second-order valence-electron chi connectivity index (χ2n) is 9.80. The van der Waals surface area contributed by atoms with Crippen molar-refractivity contribution in [1.29, 1.82) is 0 Å². The minimum Gasteiger partial charge on any atom is -0.480 e. The number of rotatable bonds is 19. The molecule has 0 spiro atoms. The van der Waals surface area contributed by atoms with Crippen LogP contribution in [0.4, 0.5) is 0 Å². The van der Waals surface area contributed by atoms with Crippen LogP contribution in [0.1, 0.15) is 72.6 Å².